The predicted molar refractivity (Wildman–Crippen MR) is 109 cm³/mol. The summed E-state index contributed by atoms with van der Waals surface area (Å²) in [7, 11) is 3.41. The predicted octanol–water partition coefficient (Wildman–Crippen LogP) is 1.91. The molecule has 0 amide bonds. The first-order chi connectivity index (χ1) is 14.4. The van der Waals surface area contributed by atoms with Crippen molar-refractivity contribution in [2.45, 2.75) is 13.0 Å². The van der Waals surface area contributed by atoms with Gasteiger partial charge in [-0.1, -0.05) is 5.16 Å². The molecule has 3 rings (SSSR count). The van der Waals surface area contributed by atoms with Crippen LogP contribution in [0.25, 0.3) is 11.3 Å². The molecule has 164 valence electrons. The van der Waals surface area contributed by atoms with E-state index in [9.17, 15) is 9.90 Å². The van der Waals surface area contributed by atoms with E-state index in [1.807, 2.05) is 11.9 Å². The maximum Gasteiger partial charge on any atom is 0.343 e. The highest BCUT2D eigenvalue weighted by molar-refractivity contribution is 5.99. The number of rotatable bonds is 7. The van der Waals surface area contributed by atoms with Crippen molar-refractivity contribution < 1.29 is 33.8 Å². The number of anilines is 1. The number of aromatic nitrogens is 1. The largest absolute Gasteiger partial charge is 0.497 e. The van der Waals surface area contributed by atoms with E-state index >= 15 is 0 Å². The Kier molecular flexibility index (Phi) is 8.63. The third kappa shape index (κ3) is 5.71. The second kappa shape index (κ2) is 11.2. The van der Waals surface area contributed by atoms with Crippen molar-refractivity contribution in [1.29, 1.82) is 0 Å². The fourth-order valence-corrected chi connectivity index (χ4v) is 3.29. The zero-order chi connectivity index (χ0) is 22.1. The Morgan fingerprint density at radius 2 is 1.93 bits per heavy atom. The second-order valence-corrected chi connectivity index (χ2v) is 6.73. The van der Waals surface area contributed by atoms with Gasteiger partial charge in [0.2, 0.25) is 0 Å². The van der Waals surface area contributed by atoms with Crippen LogP contribution in [0.3, 0.4) is 0 Å². The number of hydrogen-bond donors (Lipinski definition) is 2. The molecule has 2 aromatic rings. The number of hydrogen-bond acceptors (Lipinski definition) is 8. The number of carboxylic acids is 1. The monoisotopic (exact) mass is 421 g/mol. The molecule has 0 aliphatic carbocycles. The average molecular weight is 421 g/mol. The van der Waals surface area contributed by atoms with Gasteiger partial charge >= 0.3 is 5.97 Å². The van der Waals surface area contributed by atoms with E-state index < -0.39 is 5.97 Å². The number of carbonyl (C=O) groups is 2. The van der Waals surface area contributed by atoms with E-state index in [1.165, 1.54) is 0 Å². The maximum atomic E-state index is 11.9. The quantitative estimate of drug-likeness (QED) is 0.640. The van der Waals surface area contributed by atoms with Crippen molar-refractivity contribution in [2.75, 3.05) is 51.9 Å². The first-order valence-electron chi connectivity index (χ1n) is 9.41. The Balaban J connectivity index is 0.00000101. The van der Waals surface area contributed by atoms with Crippen molar-refractivity contribution >= 4 is 18.3 Å². The van der Waals surface area contributed by atoms with E-state index in [0.717, 1.165) is 26.3 Å². The summed E-state index contributed by atoms with van der Waals surface area (Å²) in [5, 5.41) is 20.7. The lowest BCUT2D eigenvalue weighted by atomic mass is 10.1. The van der Waals surface area contributed by atoms with Crippen LogP contribution in [0, 0.1) is 0 Å². The summed E-state index contributed by atoms with van der Waals surface area (Å²) in [6.45, 7) is 5.69. The van der Waals surface area contributed by atoms with E-state index in [2.05, 4.69) is 17.0 Å². The summed E-state index contributed by atoms with van der Waals surface area (Å²) < 4.78 is 16.0. The van der Waals surface area contributed by atoms with E-state index in [1.54, 1.807) is 31.4 Å². The van der Waals surface area contributed by atoms with Crippen molar-refractivity contribution in [2.24, 2.45) is 0 Å². The van der Waals surface area contributed by atoms with Crippen LogP contribution in [0.15, 0.2) is 28.8 Å². The maximum absolute atomic E-state index is 11.9. The van der Waals surface area contributed by atoms with E-state index in [0.29, 0.717) is 23.7 Å². The van der Waals surface area contributed by atoms with Gasteiger partial charge in [0, 0.05) is 38.3 Å². The molecule has 0 radical (unpaired) electrons. The average Bonchev–Trinajstić information content (AvgIpc) is 3.20. The van der Waals surface area contributed by atoms with Crippen LogP contribution >= 0.6 is 0 Å². The standard InChI is InChI=1S/C19H25N3O5.CH2O2/c1-13(22-8-10-26-11-9-22)12-21(2)18-16(19(23)24)17(27-20-18)14-4-6-15(25-3)7-5-14;2-1-3/h4-7,13H,8-12H2,1-3H3,(H,23,24);1H,(H,2,3). The lowest BCUT2D eigenvalue weighted by Gasteiger charge is -2.34. The molecule has 1 aliphatic rings. The van der Waals surface area contributed by atoms with Crippen molar-refractivity contribution in [1.82, 2.24) is 10.1 Å². The lowest BCUT2D eigenvalue weighted by Crippen LogP contribution is -2.47. The van der Waals surface area contributed by atoms with Crippen LogP contribution in [-0.2, 0) is 9.53 Å². The van der Waals surface area contributed by atoms with Gasteiger partial charge in [0.25, 0.3) is 6.47 Å². The zero-order valence-corrected chi connectivity index (χ0v) is 17.3. The van der Waals surface area contributed by atoms with Crippen LogP contribution in [0.1, 0.15) is 17.3 Å². The van der Waals surface area contributed by atoms with Crippen molar-refractivity contribution in [3.05, 3.63) is 29.8 Å². The Morgan fingerprint density at radius 1 is 1.33 bits per heavy atom. The molecule has 1 aromatic carbocycles. The summed E-state index contributed by atoms with van der Waals surface area (Å²) in [5.74, 6) is 0.189. The number of aromatic carboxylic acids is 1. The number of ether oxygens (including phenoxy) is 2. The second-order valence-electron chi connectivity index (χ2n) is 6.73. The van der Waals surface area contributed by atoms with Gasteiger partial charge in [-0.2, -0.15) is 0 Å². The van der Waals surface area contributed by atoms with Crippen molar-refractivity contribution in [3.8, 4) is 17.1 Å². The summed E-state index contributed by atoms with van der Waals surface area (Å²) >= 11 is 0. The van der Waals surface area contributed by atoms with Crippen LogP contribution in [0.4, 0.5) is 5.82 Å². The number of nitrogens with zero attached hydrogens (tertiary/aromatic N) is 3. The van der Waals surface area contributed by atoms with Gasteiger partial charge in [-0.05, 0) is 31.2 Å². The highest BCUT2D eigenvalue weighted by Gasteiger charge is 2.28. The summed E-state index contributed by atoms with van der Waals surface area (Å²) in [6.07, 6.45) is 0. The van der Waals surface area contributed by atoms with E-state index in [4.69, 9.17) is 23.9 Å². The summed E-state index contributed by atoms with van der Waals surface area (Å²) in [6, 6.07) is 7.26. The van der Waals surface area contributed by atoms with Crippen LogP contribution < -0.4 is 9.64 Å². The molecule has 1 unspecified atom stereocenters. The molecule has 0 spiro atoms. The van der Waals surface area contributed by atoms with Gasteiger partial charge in [0.05, 0.1) is 20.3 Å². The fourth-order valence-electron chi connectivity index (χ4n) is 3.29. The topological polar surface area (TPSA) is 126 Å². The first kappa shape index (κ1) is 23.2. The number of benzene rings is 1. The molecule has 30 heavy (non-hydrogen) atoms. The number of methoxy groups -OCH3 is 1. The molecule has 10 nitrogen and oxygen atoms in total. The molecule has 1 aliphatic heterocycles. The molecule has 1 atom stereocenters. The molecule has 0 bridgehead atoms. The smallest absolute Gasteiger partial charge is 0.343 e. The molecule has 1 aromatic heterocycles. The Bertz CT molecular complexity index is 816. The minimum absolute atomic E-state index is 0.0665. The van der Waals surface area contributed by atoms with Crippen LogP contribution in [0.2, 0.25) is 0 Å². The van der Waals surface area contributed by atoms with Gasteiger partial charge in [0.1, 0.15) is 5.75 Å². The molecule has 2 N–H and O–H groups in total. The van der Waals surface area contributed by atoms with E-state index in [-0.39, 0.29) is 23.8 Å². The summed E-state index contributed by atoms with van der Waals surface area (Å²) in [5.41, 5.74) is 0.707. The molecular weight excluding hydrogens is 394 g/mol. The number of likely N-dealkylation sites (N-methyl/N-ethyl adjacent to an activating group) is 1. The molecule has 0 saturated carbocycles. The first-order valence-corrected chi connectivity index (χ1v) is 9.41. The lowest BCUT2D eigenvalue weighted by molar-refractivity contribution is -0.122. The molecule has 2 heterocycles. The molecule has 1 saturated heterocycles. The Morgan fingerprint density at radius 3 is 2.47 bits per heavy atom. The minimum atomic E-state index is -1.07. The summed E-state index contributed by atoms with van der Waals surface area (Å²) in [4.78, 5) is 24.4. The molecule has 1 fully saturated rings. The molecule has 10 heteroatoms. The van der Waals surface area contributed by atoms with Crippen LogP contribution in [0.5, 0.6) is 5.75 Å². The number of carboxylic acid groups (broad SMARTS) is 2. The Hall–Kier alpha value is -3.11. The normalized spacial score (nSPS) is 14.9. The highest BCUT2D eigenvalue weighted by Crippen LogP contribution is 2.32. The van der Waals surface area contributed by atoms with Gasteiger partial charge in [-0.15, -0.1) is 0 Å². The van der Waals surface area contributed by atoms with Gasteiger partial charge in [-0.25, -0.2) is 4.79 Å². The SMILES string of the molecule is COc1ccc(-c2onc(N(C)CC(C)N3CCOCC3)c2C(=O)O)cc1.O=CO. The van der Waals surface area contributed by atoms with Crippen LogP contribution in [-0.4, -0.2) is 85.8 Å². The fraction of sp³-hybridized carbons (Fsp3) is 0.450. The zero-order valence-electron chi connectivity index (χ0n) is 17.3. The number of morpholine rings is 1. The van der Waals surface area contributed by atoms with Gasteiger partial charge in [-0.3, -0.25) is 9.69 Å². The van der Waals surface area contributed by atoms with Crippen molar-refractivity contribution in [3.63, 3.8) is 0 Å². The third-order valence-electron chi connectivity index (χ3n) is 4.81. The van der Waals surface area contributed by atoms with Gasteiger partial charge < -0.3 is 29.1 Å². The van der Waals surface area contributed by atoms with Gasteiger partial charge in [0.15, 0.2) is 17.1 Å². The minimum Gasteiger partial charge on any atom is -0.497 e. The molecular formula is C20H27N3O7. The Labute approximate surface area is 174 Å². The third-order valence-corrected chi connectivity index (χ3v) is 4.81. The highest BCUT2D eigenvalue weighted by atomic mass is 16.5.